The van der Waals surface area contributed by atoms with Crippen LogP contribution in [0.4, 0.5) is 5.69 Å². The standard InChI is InChI=1S/C21H22N4O3S/c1-14-19(21(27)25(24(14)2)16-6-4-3-5-7-16)23-20(26)15-8-10-22-18(12-15)28-17-9-11-29-13-17/h3-8,10,12,17H,9,11,13H2,1-2H3,(H,23,26). The van der Waals surface area contributed by atoms with Crippen LogP contribution in [0.2, 0.25) is 0 Å². The monoisotopic (exact) mass is 410 g/mol. The Morgan fingerprint density at radius 3 is 2.79 bits per heavy atom. The van der Waals surface area contributed by atoms with Crippen molar-refractivity contribution in [2.24, 2.45) is 7.05 Å². The number of benzene rings is 1. The molecule has 1 aromatic carbocycles. The van der Waals surface area contributed by atoms with Crippen LogP contribution in [0.1, 0.15) is 22.5 Å². The van der Waals surface area contributed by atoms with E-state index in [4.69, 9.17) is 4.74 Å². The lowest BCUT2D eigenvalue weighted by molar-refractivity contribution is 0.102. The zero-order valence-corrected chi connectivity index (χ0v) is 17.1. The van der Waals surface area contributed by atoms with E-state index in [-0.39, 0.29) is 23.3 Å². The van der Waals surface area contributed by atoms with E-state index in [0.29, 0.717) is 17.1 Å². The molecule has 29 heavy (non-hydrogen) atoms. The molecule has 0 aliphatic carbocycles. The number of amides is 1. The fraction of sp³-hybridized carbons (Fsp3) is 0.286. The van der Waals surface area contributed by atoms with Crippen LogP contribution in [0.3, 0.4) is 0 Å². The molecular weight excluding hydrogens is 388 g/mol. The summed E-state index contributed by atoms with van der Waals surface area (Å²) >= 11 is 1.85. The summed E-state index contributed by atoms with van der Waals surface area (Å²) in [6, 6.07) is 12.5. The van der Waals surface area contributed by atoms with Gasteiger partial charge in [-0.3, -0.25) is 14.3 Å². The van der Waals surface area contributed by atoms with Gasteiger partial charge in [-0.1, -0.05) is 18.2 Å². The van der Waals surface area contributed by atoms with Gasteiger partial charge in [-0.05, 0) is 37.3 Å². The highest BCUT2D eigenvalue weighted by atomic mass is 32.2. The smallest absolute Gasteiger partial charge is 0.295 e. The number of aromatic nitrogens is 3. The second-order valence-corrected chi connectivity index (χ2v) is 8.03. The largest absolute Gasteiger partial charge is 0.473 e. The number of anilines is 1. The first-order valence-corrected chi connectivity index (χ1v) is 10.6. The number of rotatable bonds is 5. The lowest BCUT2D eigenvalue weighted by Gasteiger charge is -2.12. The zero-order chi connectivity index (χ0) is 20.4. The Morgan fingerprint density at radius 2 is 2.07 bits per heavy atom. The Labute approximate surface area is 172 Å². The molecule has 1 unspecified atom stereocenters. The van der Waals surface area contributed by atoms with Crippen molar-refractivity contribution < 1.29 is 9.53 Å². The van der Waals surface area contributed by atoms with Gasteiger partial charge < -0.3 is 10.1 Å². The maximum Gasteiger partial charge on any atom is 0.295 e. The summed E-state index contributed by atoms with van der Waals surface area (Å²) in [6.07, 6.45) is 2.65. The van der Waals surface area contributed by atoms with E-state index >= 15 is 0 Å². The van der Waals surface area contributed by atoms with Gasteiger partial charge in [0.15, 0.2) is 0 Å². The van der Waals surface area contributed by atoms with Crippen LogP contribution in [-0.4, -0.2) is 37.9 Å². The second kappa shape index (κ2) is 8.16. The predicted octanol–water partition coefficient (Wildman–Crippen LogP) is 3.02. The van der Waals surface area contributed by atoms with Crippen molar-refractivity contribution in [2.45, 2.75) is 19.4 Å². The topological polar surface area (TPSA) is 78.2 Å². The van der Waals surface area contributed by atoms with Crippen LogP contribution >= 0.6 is 11.8 Å². The number of pyridine rings is 1. The number of nitrogens with one attached hydrogen (secondary N) is 1. The number of nitrogens with zero attached hydrogens (tertiary/aromatic N) is 3. The molecule has 4 rings (SSSR count). The van der Waals surface area contributed by atoms with E-state index in [9.17, 15) is 9.59 Å². The van der Waals surface area contributed by atoms with E-state index in [0.717, 1.165) is 23.6 Å². The van der Waals surface area contributed by atoms with Gasteiger partial charge in [0, 0.05) is 30.6 Å². The number of ether oxygens (including phenoxy) is 1. The molecule has 1 fully saturated rings. The number of hydrogen-bond donors (Lipinski definition) is 1. The summed E-state index contributed by atoms with van der Waals surface area (Å²) in [5, 5.41) is 2.77. The molecule has 1 atom stereocenters. The van der Waals surface area contributed by atoms with Crippen molar-refractivity contribution in [3.8, 4) is 11.6 Å². The number of hydrogen-bond acceptors (Lipinski definition) is 5. The summed E-state index contributed by atoms with van der Waals surface area (Å²) in [7, 11) is 1.79. The van der Waals surface area contributed by atoms with Crippen LogP contribution in [0.15, 0.2) is 53.5 Å². The van der Waals surface area contributed by atoms with Crippen molar-refractivity contribution in [3.63, 3.8) is 0 Å². The molecule has 1 amide bonds. The predicted molar refractivity (Wildman–Crippen MR) is 114 cm³/mol. The lowest BCUT2D eigenvalue weighted by atomic mass is 10.2. The minimum absolute atomic E-state index is 0.125. The van der Waals surface area contributed by atoms with E-state index in [1.807, 2.05) is 42.1 Å². The molecule has 1 saturated heterocycles. The summed E-state index contributed by atoms with van der Waals surface area (Å²) in [5.74, 6) is 2.06. The molecule has 150 valence electrons. The number of para-hydroxylation sites is 1. The number of carbonyl (C=O) groups is 1. The first-order chi connectivity index (χ1) is 14.0. The Bertz CT molecular complexity index is 1090. The van der Waals surface area contributed by atoms with Gasteiger partial charge in [0.2, 0.25) is 5.88 Å². The minimum atomic E-state index is -0.371. The van der Waals surface area contributed by atoms with Crippen molar-refractivity contribution in [1.82, 2.24) is 14.3 Å². The average molecular weight is 410 g/mol. The lowest BCUT2D eigenvalue weighted by Crippen LogP contribution is -2.23. The highest BCUT2D eigenvalue weighted by Crippen LogP contribution is 2.23. The molecule has 2 aromatic heterocycles. The van der Waals surface area contributed by atoms with Crippen LogP contribution in [-0.2, 0) is 7.05 Å². The molecule has 0 bridgehead atoms. The van der Waals surface area contributed by atoms with E-state index < -0.39 is 0 Å². The molecular formula is C21H22N4O3S. The van der Waals surface area contributed by atoms with Crippen molar-refractivity contribution in [1.29, 1.82) is 0 Å². The van der Waals surface area contributed by atoms with Gasteiger partial charge >= 0.3 is 0 Å². The van der Waals surface area contributed by atoms with Crippen LogP contribution < -0.4 is 15.6 Å². The molecule has 3 aromatic rings. The summed E-state index contributed by atoms with van der Waals surface area (Å²) in [6.45, 7) is 1.80. The molecule has 8 heteroatoms. The minimum Gasteiger partial charge on any atom is -0.473 e. The summed E-state index contributed by atoms with van der Waals surface area (Å²) < 4.78 is 9.12. The molecule has 0 radical (unpaired) electrons. The van der Waals surface area contributed by atoms with Gasteiger partial charge in [0.05, 0.1) is 11.4 Å². The molecule has 0 saturated carbocycles. The SMILES string of the molecule is Cc1c(NC(=O)c2ccnc(OC3CCSC3)c2)c(=O)n(-c2ccccc2)n1C. The van der Waals surface area contributed by atoms with Crippen LogP contribution in [0.25, 0.3) is 5.69 Å². The first-order valence-electron chi connectivity index (χ1n) is 9.40. The Hall–Kier alpha value is -3.00. The van der Waals surface area contributed by atoms with Crippen molar-refractivity contribution >= 4 is 23.4 Å². The maximum atomic E-state index is 13.0. The third kappa shape index (κ3) is 3.93. The third-order valence-corrected chi connectivity index (χ3v) is 6.10. The highest BCUT2D eigenvalue weighted by molar-refractivity contribution is 7.99. The highest BCUT2D eigenvalue weighted by Gasteiger charge is 2.20. The van der Waals surface area contributed by atoms with Crippen molar-refractivity contribution in [2.75, 3.05) is 16.8 Å². The molecule has 3 heterocycles. The molecule has 7 nitrogen and oxygen atoms in total. The summed E-state index contributed by atoms with van der Waals surface area (Å²) in [5.41, 5.74) is 1.78. The number of carbonyl (C=O) groups excluding carboxylic acids is 1. The molecule has 0 spiro atoms. The molecule has 1 aliphatic heterocycles. The Balaban J connectivity index is 1.58. The third-order valence-electron chi connectivity index (χ3n) is 4.97. The number of thioether (sulfide) groups is 1. The van der Waals surface area contributed by atoms with E-state index in [1.165, 1.54) is 4.68 Å². The fourth-order valence-electron chi connectivity index (χ4n) is 3.29. The van der Waals surface area contributed by atoms with Crippen LogP contribution in [0, 0.1) is 6.92 Å². The summed E-state index contributed by atoms with van der Waals surface area (Å²) in [4.78, 5) is 30.0. The van der Waals surface area contributed by atoms with Gasteiger partial charge in [-0.2, -0.15) is 11.8 Å². The molecule has 1 N–H and O–H groups in total. The Kier molecular flexibility index (Phi) is 5.44. The van der Waals surface area contributed by atoms with Crippen molar-refractivity contribution in [3.05, 3.63) is 70.3 Å². The second-order valence-electron chi connectivity index (χ2n) is 6.88. The average Bonchev–Trinajstić information content (AvgIpc) is 3.31. The zero-order valence-electron chi connectivity index (χ0n) is 16.3. The fourth-order valence-corrected chi connectivity index (χ4v) is 4.38. The van der Waals surface area contributed by atoms with E-state index in [1.54, 1.807) is 37.0 Å². The van der Waals surface area contributed by atoms with Gasteiger partial charge in [-0.15, -0.1) is 0 Å². The van der Waals surface area contributed by atoms with Crippen LogP contribution in [0.5, 0.6) is 5.88 Å². The van der Waals surface area contributed by atoms with Gasteiger partial charge in [-0.25, -0.2) is 9.67 Å². The normalized spacial score (nSPS) is 16.0. The molecule has 1 aliphatic rings. The van der Waals surface area contributed by atoms with E-state index in [2.05, 4.69) is 10.3 Å². The Morgan fingerprint density at radius 1 is 1.28 bits per heavy atom. The maximum absolute atomic E-state index is 13.0. The first kappa shape index (κ1) is 19.3. The van der Waals surface area contributed by atoms with Gasteiger partial charge in [0.25, 0.3) is 11.5 Å². The quantitative estimate of drug-likeness (QED) is 0.700. The van der Waals surface area contributed by atoms with Gasteiger partial charge in [0.1, 0.15) is 11.8 Å².